The quantitative estimate of drug-likeness (QED) is 0.0163. The Morgan fingerprint density at radius 1 is 0.606 bits per heavy atom. The Balaban J connectivity index is 1.00. The van der Waals surface area contributed by atoms with Crippen molar-refractivity contribution in [3.05, 3.63) is 205 Å². The standard InChI is InChI=1S/C68H82N13O9PSSi2/c1-66(2,3)93(7,8)89-56-52(78-68(47-31-20-13-21-32-47,48-33-22-14-23-34-48)49-35-24-15-25-36-49)51(88-64(56)80-43-74-54-58(70-41-72-60(54)80)76-62(83)45-27-16-11-17-28-45)40-85-91-92(86-38-26-37-69)79-53-50(39-82)87-65(57(53)90-94(9,10)67(4,5)6)81-44-75-55-59(71-42-73-61(55)81)77-63(84)46-29-18-12-19-30-46/h11-25,27-36,41-44,50-53,56-57,64-65,78-79,82H,26,38-40,91H2,1-10H3,(H,70,72,76,83)(H,71,73,77,84)/t50-,51-,52-,53-,56-,57-,64-,65-,92?/m1/s1. The van der Waals surface area contributed by atoms with Gasteiger partial charge in [0.25, 0.3) is 11.8 Å². The predicted octanol–water partition coefficient (Wildman–Crippen LogP) is 11.3. The van der Waals surface area contributed by atoms with Crippen LogP contribution in [0.2, 0.25) is 36.3 Å². The Morgan fingerprint density at radius 2 is 1.02 bits per heavy atom. The van der Waals surface area contributed by atoms with Gasteiger partial charge in [-0.1, -0.05) is 169 Å². The minimum atomic E-state index is -2.75. The minimum Gasteiger partial charge on any atom is -0.408 e. The number of nitrogens with zero attached hydrogens (tertiary/aromatic N) is 9. The zero-order valence-electron chi connectivity index (χ0n) is 54.4. The molecule has 0 radical (unpaired) electrons. The summed E-state index contributed by atoms with van der Waals surface area (Å²) in [6.07, 6.45) is 1.20. The van der Waals surface area contributed by atoms with Crippen molar-refractivity contribution in [1.29, 1.82) is 5.26 Å². The number of nitrogens with one attached hydrogen (secondary N) is 4. The molecular formula is C68H82N13O9PSSi2. The van der Waals surface area contributed by atoms with Gasteiger partial charge in [-0.25, -0.2) is 34.6 Å². The van der Waals surface area contributed by atoms with Gasteiger partial charge in [0, 0.05) is 29.2 Å². The molecule has 9 aromatic rings. The van der Waals surface area contributed by atoms with Crippen molar-refractivity contribution in [3.63, 3.8) is 0 Å². The fourth-order valence-electron chi connectivity index (χ4n) is 11.3. The number of anilines is 2. The summed E-state index contributed by atoms with van der Waals surface area (Å²) in [5, 5.41) is 30.9. The number of fused-ring (bicyclic) bond motifs is 2. The molecule has 4 aromatic heterocycles. The van der Waals surface area contributed by atoms with Crippen LogP contribution in [-0.2, 0) is 43.1 Å². The van der Waals surface area contributed by atoms with E-state index in [0.29, 0.717) is 33.5 Å². The molecule has 2 unspecified atom stereocenters. The molecule has 5 aromatic carbocycles. The van der Waals surface area contributed by atoms with E-state index in [0.717, 1.165) is 16.7 Å². The number of hydrogen-bond acceptors (Lipinski definition) is 17. The Hall–Kier alpha value is -7.52. The lowest BCUT2D eigenvalue weighted by atomic mass is 9.76. The van der Waals surface area contributed by atoms with Crippen LogP contribution < -0.4 is 20.7 Å². The monoisotopic (exact) mass is 1340 g/mol. The number of hydrogen-bond donors (Lipinski definition) is 5. The van der Waals surface area contributed by atoms with Crippen LogP contribution in [0.25, 0.3) is 22.3 Å². The van der Waals surface area contributed by atoms with E-state index in [1.807, 2.05) is 71.3 Å². The van der Waals surface area contributed by atoms with Gasteiger partial charge in [0.1, 0.15) is 37.1 Å². The highest BCUT2D eigenvalue weighted by atomic mass is 32.5. The maximum Gasteiger partial charge on any atom is 0.256 e. The molecule has 10 atom stereocenters. The second-order valence-electron chi connectivity index (χ2n) is 26.4. The number of aliphatic hydroxyl groups excluding tert-OH is 1. The number of amides is 2. The first-order valence-electron chi connectivity index (χ1n) is 31.4. The van der Waals surface area contributed by atoms with E-state index in [1.165, 1.54) is 12.7 Å². The molecule has 94 heavy (non-hydrogen) atoms. The molecule has 2 saturated heterocycles. The van der Waals surface area contributed by atoms with Gasteiger partial charge in [0.2, 0.25) is 0 Å². The first-order chi connectivity index (χ1) is 45.1. The summed E-state index contributed by atoms with van der Waals surface area (Å²) in [6.45, 7) is 21.5. The van der Waals surface area contributed by atoms with E-state index in [-0.39, 0.29) is 53.2 Å². The third-order valence-corrected chi connectivity index (χ3v) is 30.4. The highest BCUT2D eigenvalue weighted by Gasteiger charge is 2.55. The summed E-state index contributed by atoms with van der Waals surface area (Å²) in [5.41, 5.74) is 4.27. The molecule has 0 saturated carbocycles. The lowest BCUT2D eigenvalue weighted by molar-refractivity contribution is -0.0463. The normalized spacial score (nSPS) is 20.8. The molecule has 22 nitrogen and oxygen atoms in total. The number of carbonyl (C=O) groups excluding carboxylic acids is 2. The number of ether oxygens (including phenoxy) is 2. The molecule has 11 rings (SSSR count). The summed E-state index contributed by atoms with van der Waals surface area (Å²) in [6, 6.07) is 49.7. The lowest BCUT2D eigenvalue weighted by Gasteiger charge is -2.44. The van der Waals surface area contributed by atoms with Gasteiger partial charge >= 0.3 is 0 Å². The fourth-order valence-corrected chi connectivity index (χ4v) is 17.0. The van der Waals surface area contributed by atoms with E-state index < -0.39 is 95.9 Å². The van der Waals surface area contributed by atoms with Crippen molar-refractivity contribution in [2.24, 2.45) is 0 Å². The van der Waals surface area contributed by atoms with Crippen LogP contribution in [0, 0.1) is 11.3 Å². The van der Waals surface area contributed by atoms with E-state index in [2.05, 4.69) is 146 Å². The number of aromatic nitrogens is 8. The van der Waals surface area contributed by atoms with Gasteiger partial charge in [-0.05, 0) is 77.2 Å². The second-order valence-corrected chi connectivity index (χ2v) is 39.3. The molecule has 0 bridgehead atoms. The third-order valence-electron chi connectivity index (χ3n) is 18.3. The highest BCUT2D eigenvalue weighted by Crippen LogP contribution is 2.47. The molecule has 2 fully saturated rings. The van der Waals surface area contributed by atoms with Crippen molar-refractivity contribution in [2.45, 2.75) is 139 Å². The SMILES string of the molecule is CC(C)(C)[Si](C)(C)O[C@@H]1[C@H](N/S(OCCC#N)=[PH2]/OC[C@H]2O[C@@H](n3cnc4c(NC(=O)c5ccccc5)ncnc43)[C@H](O[Si](C)(C)C(C)(C)C)[C@@H]2NC(c2ccccc2)(c2ccccc2)c2ccccc2)[C@@H](CO)O[C@H]1n1cnc2c(NC(=O)c3ccccc3)ncnc21. The van der Waals surface area contributed by atoms with Crippen LogP contribution in [0.1, 0.15) is 97.8 Å². The van der Waals surface area contributed by atoms with E-state index >= 15 is 0 Å². The summed E-state index contributed by atoms with van der Waals surface area (Å²) in [4.78, 5) is 55.2. The number of imidazole rings is 2. The number of carbonyl (C=O) groups is 2. The van der Waals surface area contributed by atoms with Crippen molar-refractivity contribution in [3.8, 4) is 6.07 Å². The van der Waals surface area contributed by atoms with Crippen LogP contribution in [0.15, 0.2) is 177 Å². The molecule has 2 aliphatic heterocycles. The Labute approximate surface area is 553 Å². The van der Waals surface area contributed by atoms with Crippen molar-refractivity contribution in [1.82, 2.24) is 49.1 Å². The van der Waals surface area contributed by atoms with Crippen molar-refractivity contribution < 1.29 is 41.7 Å². The van der Waals surface area contributed by atoms with Gasteiger partial charge in [-0.15, -0.1) is 0 Å². The van der Waals surface area contributed by atoms with Crippen LogP contribution in [0.5, 0.6) is 0 Å². The largest absolute Gasteiger partial charge is 0.408 e. The van der Waals surface area contributed by atoms with Gasteiger partial charge in [-0.2, -0.15) is 5.26 Å². The first kappa shape index (κ1) is 67.9. The van der Waals surface area contributed by atoms with Crippen molar-refractivity contribution >= 4 is 80.5 Å². The molecule has 6 heterocycles. The number of nitriles is 1. The molecule has 492 valence electrons. The summed E-state index contributed by atoms with van der Waals surface area (Å²) in [5.74, 6) is -0.275. The number of benzene rings is 5. The molecule has 2 amide bonds. The first-order valence-corrected chi connectivity index (χ1v) is 40.3. The lowest BCUT2D eigenvalue weighted by Crippen LogP contribution is -2.59. The maximum atomic E-state index is 13.7. The molecule has 0 spiro atoms. The van der Waals surface area contributed by atoms with Crippen molar-refractivity contribution in [2.75, 3.05) is 30.5 Å². The zero-order chi connectivity index (χ0) is 66.4. The van der Waals surface area contributed by atoms with Gasteiger partial charge in [0.15, 0.2) is 63.1 Å². The zero-order valence-corrected chi connectivity index (χ0v) is 58.4. The Bertz CT molecular complexity index is 4050. The Morgan fingerprint density at radius 3 is 1.44 bits per heavy atom. The van der Waals surface area contributed by atoms with Crippen LogP contribution >= 0.6 is 7.58 Å². The van der Waals surface area contributed by atoms with E-state index in [4.69, 9.17) is 42.0 Å². The number of aliphatic hydroxyl groups is 1. The average Bonchev–Trinajstić information content (AvgIpc) is 1.45. The summed E-state index contributed by atoms with van der Waals surface area (Å²) >= 11 is 0. The molecular weight excluding hydrogens is 1260 g/mol. The average molecular weight is 1340 g/mol. The van der Waals surface area contributed by atoms with Gasteiger partial charge in [-0.3, -0.25) is 24.0 Å². The Kier molecular flexibility index (Phi) is 20.8. The highest BCUT2D eigenvalue weighted by molar-refractivity contribution is 8.15. The summed E-state index contributed by atoms with van der Waals surface area (Å²) in [7, 11) is -7.78. The fraction of sp³-hybridized carbons (Fsp3) is 0.368. The summed E-state index contributed by atoms with van der Waals surface area (Å²) < 4.78 is 50.7. The molecule has 5 N–H and O–H groups in total. The van der Waals surface area contributed by atoms with Crippen LogP contribution in [0.3, 0.4) is 0 Å². The number of rotatable bonds is 24. The van der Waals surface area contributed by atoms with Gasteiger partial charge < -0.3 is 42.8 Å². The molecule has 0 aliphatic carbocycles. The van der Waals surface area contributed by atoms with E-state index in [9.17, 15) is 20.0 Å². The molecule has 2 aliphatic rings. The maximum absolute atomic E-state index is 13.7. The minimum absolute atomic E-state index is 0.0170. The van der Waals surface area contributed by atoms with E-state index in [1.54, 1.807) is 65.8 Å². The molecule has 26 heteroatoms. The van der Waals surface area contributed by atoms with Gasteiger partial charge in [0.05, 0.1) is 62.6 Å². The second kappa shape index (κ2) is 28.8. The smallest absolute Gasteiger partial charge is 0.256 e. The van der Waals surface area contributed by atoms with Crippen LogP contribution in [0.4, 0.5) is 11.6 Å². The predicted molar refractivity (Wildman–Crippen MR) is 371 cm³/mol. The third kappa shape index (κ3) is 14.4. The van der Waals surface area contributed by atoms with Crippen LogP contribution in [-0.4, -0.2) is 129 Å². The topological polar surface area (TPSA) is 269 Å².